The highest BCUT2D eigenvalue weighted by Crippen LogP contribution is 2.36. The molecule has 1 atom stereocenters. The number of amides is 1. The predicted molar refractivity (Wildman–Crippen MR) is 108 cm³/mol. The Morgan fingerprint density at radius 3 is 2.78 bits per heavy atom. The summed E-state index contributed by atoms with van der Waals surface area (Å²) in [5, 5.41) is 0. The Morgan fingerprint density at radius 1 is 1.22 bits per heavy atom. The van der Waals surface area contributed by atoms with Crippen LogP contribution in [0.1, 0.15) is 47.0 Å². The van der Waals surface area contributed by atoms with Gasteiger partial charge in [0.2, 0.25) is 0 Å². The van der Waals surface area contributed by atoms with E-state index < -0.39 is 5.91 Å². The monoisotopic (exact) mass is 388 g/mol. The van der Waals surface area contributed by atoms with Gasteiger partial charge in [-0.2, -0.15) is 0 Å². The average molecular weight is 389 g/mol. The number of ether oxygens (including phenoxy) is 2. The van der Waals surface area contributed by atoms with E-state index in [0.717, 1.165) is 13.1 Å². The molecule has 1 saturated heterocycles. The van der Waals surface area contributed by atoms with Crippen molar-refractivity contribution in [3.05, 3.63) is 45.6 Å². The zero-order valence-corrected chi connectivity index (χ0v) is 16.9. The average Bonchev–Trinajstić information content (AvgIpc) is 2.95. The number of methoxy groups -OCH3 is 1. The number of primary amides is 1. The van der Waals surface area contributed by atoms with Crippen LogP contribution < -0.4 is 15.2 Å². The van der Waals surface area contributed by atoms with Gasteiger partial charge in [-0.15, -0.1) is 11.3 Å². The highest BCUT2D eigenvalue weighted by Gasteiger charge is 2.24. The maximum Gasteiger partial charge on any atom is 0.255 e. The molecule has 0 unspecified atom stereocenters. The Balaban J connectivity index is 1.77. The Morgan fingerprint density at radius 2 is 2.07 bits per heavy atom. The summed E-state index contributed by atoms with van der Waals surface area (Å²) in [5.41, 5.74) is 6.34. The van der Waals surface area contributed by atoms with Gasteiger partial charge in [0.05, 0.1) is 7.11 Å². The molecule has 6 heteroatoms. The van der Waals surface area contributed by atoms with Crippen LogP contribution in [0.4, 0.5) is 0 Å². The first-order valence-corrected chi connectivity index (χ1v) is 10.3. The summed E-state index contributed by atoms with van der Waals surface area (Å²) in [7, 11) is 1.61. The molecule has 146 valence electrons. The zero-order chi connectivity index (χ0) is 19.2. The van der Waals surface area contributed by atoms with Crippen molar-refractivity contribution in [1.29, 1.82) is 0 Å². The van der Waals surface area contributed by atoms with Crippen LogP contribution in [0.2, 0.25) is 0 Å². The predicted octanol–water partition coefficient (Wildman–Crippen LogP) is 4.05. The molecular formula is C21H28N2O3S. The molecule has 1 amide bonds. The number of hydrogen-bond donors (Lipinski definition) is 1. The minimum absolute atomic E-state index is 0.151. The molecule has 1 aromatic heterocycles. The van der Waals surface area contributed by atoms with Crippen LogP contribution in [0.5, 0.6) is 11.5 Å². The Bertz CT molecular complexity index is 775. The summed E-state index contributed by atoms with van der Waals surface area (Å²) in [6, 6.07) is 10.9. The first-order chi connectivity index (χ1) is 13.1. The third kappa shape index (κ3) is 5.23. The number of carbonyl (C=O) groups excluding carboxylic acids is 1. The Hall–Kier alpha value is -2.05. The number of aryl methyl sites for hydroxylation is 1. The lowest BCUT2D eigenvalue weighted by Crippen LogP contribution is -2.27. The number of hydrogen-bond acceptors (Lipinski definition) is 5. The van der Waals surface area contributed by atoms with Crippen molar-refractivity contribution in [3.8, 4) is 11.5 Å². The molecule has 0 saturated carbocycles. The molecule has 2 N–H and O–H groups in total. The van der Waals surface area contributed by atoms with Crippen molar-refractivity contribution < 1.29 is 14.3 Å². The van der Waals surface area contributed by atoms with Crippen LogP contribution in [0.3, 0.4) is 0 Å². The largest absolute Gasteiger partial charge is 0.493 e. The fraction of sp³-hybridized carbons (Fsp3) is 0.476. The second-order valence-corrected chi connectivity index (χ2v) is 8.34. The molecule has 0 bridgehead atoms. The van der Waals surface area contributed by atoms with Crippen molar-refractivity contribution in [1.82, 2.24) is 4.90 Å². The maximum absolute atomic E-state index is 11.0. The quantitative estimate of drug-likeness (QED) is 0.777. The van der Waals surface area contributed by atoms with Gasteiger partial charge in [0.25, 0.3) is 5.91 Å². The van der Waals surface area contributed by atoms with E-state index in [2.05, 4.69) is 24.0 Å². The van der Waals surface area contributed by atoms with E-state index in [-0.39, 0.29) is 6.61 Å². The Labute approximate surface area is 165 Å². The summed E-state index contributed by atoms with van der Waals surface area (Å²) >= 11 is 1.91. The van der Waals surface area contributed by atoms with E-state index in [1.54, 1.807) is 7.11 Å². The normalized spacial score (nSPS) is 18.1. The lowest BCUT2D eigenvalue weighted by atomic mass is 10.1. The fourth-order valence-electron chi connectivity index (χ4n) is 3.62. The summed E-state index contributed by atoms with van der Waals surface area (Å²) in [6.07, 6.45) is 5.01. The van der Waals surface area contributed by atoms with Crippen LogP contribution in [0, 0.1) is 6.92 Å². The van der Waals surface area contributed by atoms with Crippen molar-refractivity contribution in [2.75, 3.05) is 20.3 Å². The smallest absolute Gasteiger partial charge is 0.255 e. The summed E-state index contributed by atoms with van der Waals surface area (Å²) in [4.78, 5) is 16.4. The van der Waals surface area contributed by atoms with Crippen LogP contribution in [-0.4, -0.2) is 31.1 Å². The van der Waals surface area contributed by atoms with E-state index in [1.807, 2.05) is 29.5 Å². The van der Waals surface area contributed by atoms with Crippen LogP contribution in [0.15, 0.2) is 30.3 Å². The molecule has 2 aromatic rings. The molecule has 2 heterocycles. The van der Waals surface area contributed by atoms with E-state index >= 15 is 0 Å². The molecule has 0 spiro atoms. The molecule has 27 heavy (non-hydrogen) atoms. The number of likely N-dealkylation sites (tertiary alicyclic amines) is 1. The van der Waals surface area contributed by atoms with Gasteiger partial charge in [-0.25, -0.2) is 0 Å². The number of nitrogens with zero attached hydrogens (tertiary/aromatic N) is 1. The van der Waals surface area contributed by atoms with Gasteiger partial charge >= 0.3 is 0 Å². The lowest BCUT2D eigenvalue weighted by molar-refractivity contribution is -0.119. The maximum atomic E-state index is 11.0. The molecule has 1 fully saturated rings. The second kappa shape index (κ2) is 9.24. The van der Waals surface area contributed by atoms with E-state index in [4.69, 9.17) is 15.2 Å². The third-order valence-corrected chi connectivity index (χ3v) is 6.04. The summed E-state index contributed by atoms with van der Waals surface area (Å²) < 4.78 is 10.9. The van der Waals surface area contributed by atoms with Crippen LogP contribution >= 0.6 is 11.3 Å². The first-order valence-electron chi connectivity index (χ1n) is 9.45. The van der Waals surface area contributed by atoms with Gasteiger partial charge in [0, 0.05) is 22.3 Å². The molecule has 0 radical (unpaired) electrons. The van der Waals surface area contributed by atoms with Crippen molar-refractivity contribution in [2.24, 2.45) is 5.73 Å². The van der Waals surface area contributed by atoms with Gasteiger partial charge in [0.15, 0.2) is 18.1 Å². The van der Waals surface area contributed by atoms with E-state index in [1.165, 1.54) is 41.0 Å². The number of rotatable bonds is 7. The third-order valence-electron chi connectivity index (χ3n) is 4.94. The number of thiophene rings is 1. The topological polar surface area (TPSA) is 64.8 Å². The van der Waals surface area contributed by atoms with Crippen molar-refractivity contribution in [2.45, 2.75) is 45.2 Å². The van der Waals surface area contributed by atoms with Gasteiger partial charge in [-0.05, 0) is 56.1 Å². The number of nitrogens with two attached hydrogens (primary N) is 1. The molecular weight excluding hydrogens is 360 g/mol. The molecule has 1 aromatic carbocycles. The van der Waals surface area contributed by atoms with Crippen LogP contribution in [-0.2, 0) is 11.3 Å². The highest BCUT2D eigenvalue weighted by atomic mass is 32.1. The van der Waals surface area contributed by atoms with E-state index in [0.29, 0.717) is 17.5 Å². The molecule has 1 aliphatic rings. The minimum atomic E-state index is -0.500. The van der Waals surface area contributed by atoms with Gasteiger partial charge < -0.3 is 15.2 Å². The minimum Gasteiger partial charge on any atom is -0.493 e. The summed E-state index contributed by atoms with van der Waals surface area (Å²) in [5.74, 6) is 0.674. The van der Waals surface area contributed by atoms with Crippen molar-refractivity contribution >= 4 is 17.2 Å². The number of carbonyl (C=O) groups is 1. The first kappa shape index (κ1) is 19.7. The Kier molecular flexibility index (Phi) is 6.74. The SMILES string of the molecule is COc1cc(CN2CCCCC[C@@H]2c2ccc(C)s2)ccc1OCC(N)=O. The highest BCUT2D eigenvalue weighted by molar-refractivity contribution is 7.12. The molecule has 3 rings (SSSR count). The fourth-order valence-corrected chi connectivity index (χ4v) is 4.67. The molecule has 0 aliphatic carbocycles. The second-order valence-electron chi connectivity index (χ2n) is 7.02. The molecule has 1 aliphatic heterocycles. The molecule has 5 nitrogen and oxygen atoms in total. The van der Waals surface area contributed by atoms with Crippen molar-refractivity contribution in [3.63, 3.8) is 0 Å². The summed E-state index contributed by atoms with van der Waals surface area (Å²) in [6.45, 7) is 3.99. The van der Waals surface area contributed by atoms with E-state index in [9.17, 15) is 4.79 Å². The number of benzene rings is 1. The van der Waals surface area contributed by atoms with Gasteiger partial charge in [-0.3, -0.25) is 9.69 Å². The van der Waals surface area contributed by atoms with Gasteiger partial charge in [-0.1, -0.05) is 18.9 Å². The zero-order valence-electron chi connectivity index (χ0n) is 16.1. The van der Waals surface area contributed by atoms with Gasteiger partial charge in [0.1, 0.15) is 0 Å². The standard InChI is InChI=1S/C21H28N2O3S/c1-15-7-10-20(27-15)17-6-4-3-5-11-23(17)13-16-8-9-18(19(12-16)25-2)26-14-21(22)24/h7-10,12,17H,3-6,11,13-14H2,1-2H3,(H2,22,24)/t17-/m1/s1. The lowest BCUT2D eigenvalue weighted by Gasteiger charge is -2.29. The van der Waals surface area contributed by atoms with Crippen LogP contribution in [0.25, 0.3) is 0 Å².